The first-order valence-corrected chi connectivity index (χ1v) is 6.15. The van der Waals surface area contributed by atoms with Crippen molar-refractivity contribution in [1.29, 1.82) is 0 Å². The molecule has 98 valence electrons. The molecule has 4 nitrogen and oxygen atoms in total. The zero-order chi connectivity index (χ0) is 13.7. The second kappa shape index (κ2) is 6.11. The first-order valence-electron chi connectivity index (χ1n) is 6.15. The molecular formula is C15H17N3O. The number of benzene rings is 1. The summed E-state index contributed by atoms with van der Waals surface area (Å²) in [5, 5.41) is 0. The summed E-state index contributed by atoms with van der Waals surface area (Å²) in [5.41, 5.74) is 8.00. The highest BCUT2D eigenvalue weighted by molar-refractivity contribution is 5.92. The molecule has 1 aromatic heterocycles. The summed E-state index contributed by atoms with van der Waals surface area (Å²) >= 11 is 0. The highest BCUT2D eigenvalue weighted by atomic mass is 16.2. The number of pyridine rings is 1. The molecule has 1 amide bonds. The van der Waals surface area contributed by atoms with E-state index in [-0.39, 0.29) is 5.91 Å². The molecule has 0 saturated heterocycles. The zero-order valence-corrected chi connectivity index (χ0v) is 10.9. The number of rotatable bonds is 4. The van der Waals surface area contributed by atoms with Crippen LogP contribution in [0, 0.1) is 0 Å². The molecular weight excluding hydrogens is 238 g/mol. The molecule has 2 rings (SSSR count). The summed E-state index contributed by atoms with van der Waals surface area (Å²) in [5.74, 6) is -0.0980. The van der Waals surface area contributed by atoms with E-state index in [9.17, 15) is 4.79 Å². The van der Waals surface area contributed by atoms with Gasteiger partial charge in [0.25, 0.3) is 5.91 Å². The van der Waals surface area contributed by atoms with E-state index in [2.05, 4.69) is 4.98 Å². The van der Waals surface area contributed by atoms with E-state index in [0.29, 0.717) is 18.8 Å². The van der Waals surface area contributed by atoms with Gasteiger partial charge in [-0.15, -0.1) is 0 Å². The maximum Gasteiger partial charge on any atom is 0.272 e. The van der Waals surface area contributed by atoms with Crippen molar-refractivity contribution < 1.29 is 4.79 Å². The minimum absolute atomic E-state index is 0.0980. The Labute approximate surface area is 112 Å². The lowest BCUT2D eigenvalue weighted by atomic mass is 10.2. The van der Waals surface area contributed by atoms with Gasteiger partial charge in [0.2, 0.25) is 0 Å². The molecule has 1 heterocycles. The molecule has 0 aliphatic carbocycles. The maximum absolute atomic E-state index is 12.2. The highest BCUT2D eigenvalue weighted by Gasteiger charge is 2.13. The Morgan fingerprint density at radius 2 is 1.95 bits per heavy atom. The quantitative estimate of drug-likeness (QED) is 0.906. The number of hydrogen-bond acceptors (Lipinski definition) is 3. The van der Waals surface area contributed by atoms with Gasteiger partial charge in [0.1, 0.15) is 5.69 Å². The van der Waals surface area contributed by atoms with Crippen LogP contribution in [-0.2, 0) is 13.1 Å². The fourth-order valence-electron chi connectivity index (χ4n) is 1.84. The van der Waals surface area contributed by atoms with Crippen LogP contribution in [0.1, 0.15) is 21.6 Å². The van der Waals surface area contributed by atoms with Crippen molar-refractivity contribution in [2.24, 2.45) is 5.73 Å². The van der Waals surface area contributed by atoms with Crippen LogP contribution in [0.25, 0.3) is 0 Å². The predicted molar refractivity (Wildman–Crippen MR) is 74.4 cm³/mol. The molecule has 0 bridgehead atoms. The Morgan fingerprint density at radius 3 is 2.63 bits per heavy atom. The summed E-state index contributed by atoms with van der Waals surface area (Å²) in [6.07, 6.45) is 1.62. The Balaban J connectivity index is 2.10. The molecule has 2 aromatic rings. The fraction of sp³-hybridized carbons (Fsp3) is 0.200. The first kappa shape index (κ1) is 13.2. The van der Waals surface area contributed by atoms with Crippen LogP contribution in [0.5, 0.6) is 0 Å². The van der Waals surface area contributed by atoms with Gasteiger partial charge in [-0.05, 0) is 23.3 Å². The van der Waals surface area contributed by atoms with Gasteiger partial charge in [0.15, 0.2) is 0 Å². The largest absolute Gasteiger partial charge is 0.336 e. The third-order valence-electron chi connectivity index (χ3n) is 2.89. The van der Waals surface area contributed by atoms with Crippen LogP contribution >= 0.6 is 0 Å². The van der Waals surface area contributed by atoms with Gasteiger partial charge >= 0.3 is 0 Å². The van der Waals surface area contributed by atoms with Crippen molar-refractivity contribution >= 4 is 5.91 Å². The summed E-state index contributed by atoms with van der Waals surface area (Å²) in [4.78, 5) is 18.0. The third-order valence-corrected chi connectivity index (χ3v) is 2.89. The zero-order valence-electron chi connectivity index (χ0n) is 10.9. The second-order valence-corrected chi connectivity index (χ2v) is 4.40. The van der Waals surface area contributed by atoms with Crippen molar-refractivity contribution in [3.05, 3.63) is 65.5 Å². The highest BCUT2D eigenvalue weighted by Crippen LogP contribution is 2.08. The van der Waals surface area contributed by atoms with E-state index < -0.39 is 0 Å². The van der Waals surface area contributed by atoms with Gasteiger partial charge in [-0.25, -0.2) is 0 Å². The monoisotopic (exact) mass is 255 g/mol. The molecule has 2 N–H and O–H groups in total. The number of nitrogens with zero attached hydrogens (tertiary/aromatic N) is 2. The molecule has 4 heteroatoms. The van der Waals surface area contributed by atoms with E-state index in [0.717, 1.165) is 11.1 Å². The van der Waals surface area contributed by atoms with Crippen molar-refractivity contribution in [3.63, 3.8) is 0 Å². The lowest BCUT2D eigenvalue weighted by Gasteiger charge is -2.17. The average Bonchev–Trinajstić information content (AvgIpc) is 2.47. The minimum atomic E-state index is -0.0980. The Hall–Kier alpha value is -2.20. The predicted octanol–water partition coefficient (Wildman–Crippen LogP) is 1.81. The summed E-state index contributed by atoms with van der Waals surface area (Å²) in [6.45, 7) is 0.972. The summed E-state index contributed by atoms with van der Waals surface area (Å²) < 4.78 is 0. The van der Waals surface area contributed by atoms with Crippen LogP contribution in [0.3, 0.4) is 0 Å². The lowest BCUT2D eigenvalue weighted by molar-refractivity contribution is 0.0779. The molecule has 0 unspecified atom stereocenters. The number of carbonyl (C=O) groups excluding carboxylic acids is 1. The molecule has 19 heavy (non-hydrogen) atoms. The molecule has 0 spiro atoms. The van der Waals surface area contributed by atoms with E-state index in [1.54, 1.807) is 24.2 Å². The SMILES string of the molecule is CN(Cc1ccccc1)C(=O)c1cc(CN)ccn1. The second-order valence-electron chi connectivity index (χ2n) is 4.40. The van der Waals surface area contributed by atoms with Crippen LogP contribution < -0.4 is 5.73 Å². The summed E-state index contributed by atoms with van der Waals surface area (Å²) in [6, 6.07) is 13.4. The third kappa shape index (κ3) is 3.39. The van der Waals surface area contributed by atoms with Gasteiger partial charge in [0.05, 0.1) is 0 Å². The van der Waals surface area contributed by atoms with Crippen LogP contribution in [-0.4, -0.2) is 22.8 Å². The van der Waals surface area contributed by atoms with Gasteiger partial charge in [0, 0.05) is 26.3 Å². The Bertz CT molecular complexity index is 554. The Kier molecular flexibility index (Phi) is 4.26. The molecule has 0 saturated carbocycles. The number of aromatic nitrogens is 1. The Morgan fingerprint density at radius 1 is 1.21 bits per heavy atom. The maximum atomic E-state index is 12.2. The van der Waals surface area contributed by atoms with Gasteiger partial charge in [-0.1, -0.05) is 30.3 Å². The van der Waals surface area contributed by atoms with Gasteiger partial charge in [-0.2, -0.15) is 0 Å². The molecule has 0 radical (unpaired) electrons. The van der Waals surface area contributed by atoms with E-state index in [1.165, 1.54) is 0 Å². The topological polar surface area (TPSA) is 59.2 Å². The summed E-state index contributed by atoms with van der Waals surface area (Å²) in [7, 11) is 1.77. The number of amides is 1. The number of hydrogen-bond donors (Lipinski definition) is 1. The van der Waals surface area contributed by atoms with Gasteiger partial charge in [-0.3, -0.25) is 9.78 Å². The van der Waals surface area contributed by atoms with Crippen molar-refractivity contribution in [2.45, 2.75) is 13.1 Å². The lowest BCUT2D eigenvalue weighted by Crippen LogP contribution is -2.27. The van der Waals surface area contributed by atoms with Crippen LogP contribution in [0.4, 0.5) is 0 Å². The van der Waals surface area contributed by atoms with Crippen LogP contribution in [0.15, 0.2) is 48.7 Å². The smallest absolute Gasteiger partial charge is 0.272 e. The van der Waals surface area contributed by atoms with Crippen molar-refractivity contribution in [3.8, 4) is 0 Å². The van der Waals surface area contributed by atoms with Gasteiger partial charge < -0.3 is 10.6 Å². The van der Waals surface area contributed by atoms with E-state index in [4.69, 9.17) is 5.73 Å². The fourth-order valence-corrected chi connectivity index (χ4v) is 1.84. The van der Waals surface area contributed by atoms with Crippen molar-refractivity contribution in [2.75, 3.05) is 7.05 Å². The van der Waals surface area contributed by atoms with Crippen molar-refractivity contribution in [1.82, 2.24) is 9.88 Å². The normalized spacial score (nSPS) is 10.2. The van der Waals surface area contributed by atoms with E-state index >= 15 is 0 Å². The van der Waals surface area contributed by atoms with Crippen LogP contribution in [0.2, 0.25) is 0 Å². The standard InChI is InChI=1S/C15H17N3O/c1-18(11-12-5-3-2-4-6-12)15(19)14-9-13(10-16)7-8-17-14/h2-9H,10-11,16H2,1H3. The minimum Gasteiger partial charge on any atom is -0.336 e. The molecule has 0 atom stereocenters. The molecule has 0 aliphatic heterocycles. The first-order chi connectivity index (χ1) is 9.20. The molecule has 0 aliphatic rings. The number of nitrogens with two attached hydrogens (primary N) is 1. The van der Waals surface area contributed by atoms with E-state index in [1.807, 2.05) is 36.4 Å². The molecule has 1 aromatic carbocycles. The molecule has 0 fully saturated rings. The number of carbonyl (C=O) groups is 1. The average molecular weight is 255 g/mol.